The highest BCUT2D eigenvalue weighted by molar-refractivity contribution is 5.97. The van der Waals surface area contributed by atoms with Gasteiger partial charge in [0.1, 0.15) is 6.10 Å². The van der Waals surface area contributed by atoms with Gasteiger partial charge in [-0.2, -0.15) is 0 Å². The summed E-state index contributed by atoms with van der Waals surface area (Å²) < 4.78 is 4.97. The third-order valence-corrected chi connectivity index (χ3v) is 3.07. The van der Waals surface area contributed by atoms with Gasteiger partial charge in [-0.1, -0.05) is 6.07 Å². The minimum absolute atomic E-state index is 0.108. The van der Waals surface area contributed by atoms with E-state index in [0.29, 0.717) is 18.8 Å². The van der Waals surface area contributed by atoms with E-state index in [1.165, 1.54) is 7.11 Å². The number of hydrogen-bond donors (Lipinski definition) is 3. The number of hydrogen-bond acceptors (Lipinski definition) is 4. The van der Waals surface area contributed by atoms with Gasteiger partial charge in [0.2, 0.25) is 0 Å². The molecule has 1 atom stereocenters. The third kappa shape index (κ3) is 3.06. The SMILES string of the molecule is COC(CN)C(=O)Nc1cccc(N2CCNC2=O)c1. The van der Waals surface area contributed by atoms with Crippen molar-refractivity contribution in [1.29, 1.82) is 0 Å². The molecule has 0 radical (unpaired) electrons. The average Bonchev–Trinajstić information content (AvgIpc) is 2.86. The number of carbonyl (C=O) groups is 2. The van der Waals surface area contributed by atoms with Crippen molar-refractivity contribution in [2.75, 3.05) is 37.0 Å². The van der Waals surface area contributed by atoms with Crippen LogP contribution in [0.15, 0.2) is 24.3 Å². The summed E-state index contributed by atoms with van der Waals surface area (Å²) in [5.74, 6) is -0.307. The van der Waals surface area contributed by atoms with Crippen molar-refractivity contribution >= 4 is 23.3 Å². The van der Waals surface area contributed by atoms with Crippen LogP contribution in [-0.4, -0.2) is 44.8 Å². The van der Waals surface area contributed by atoms with Crippen LogP contribution in [0.4, 0.5) is 16.2 Å². The maximum absolute atomic E-state index is 11.9. The summed E-state index contributed by atoms with van der Waals surface area (Å²) in [6.45, 7) is 1.34. The van der Waals surface area contributed by atoms with Crippen LogP contribution in [0.5, 0.6) is 0 Å². The van der Waals surface area contributed by atoms with E-state index in [-0.39, 0.29) is 18.5 Å². The lowest BCUT2D eigenvalue weighted by Gasteiger charge is -2.17. The molecule has 7 nitrogen and oxygen atoms in total. The minimum Gasteiger partial charge on any atom is -0.370 e. The fourth-order valence-corrected chi connectivity index (χ4v) is 2.00. The maximum Gasteiger partial charge on any atom is 0.321 e. The van der Waals surface area contributed by atoms with Crippen LogP contribution in [0.25, 0.3) is 0 Å². The summed E-state index contributed by atoms with van der Waals surface area (Å²) in [6, 6.07) is 6.95. The number of anilines is 2. The Morgan fingerprint density at radius 2 is 2.40 bits per heavy atom. The normalized spacial score (nSPS) is 15.9. The molecular weight excluding hydrogens is 260 g/mol. The van der Waals surface area contributed by atoms with E-state index in [4.69, 9.17) is 10.5 Å². The number of carbonyl (C=O) groups excluding carboxylic acids is 2. The summed E-state index contributed by atoms with van der Waals surface area (Å²) in [7, 11) is 1.43. The number of nitrogens with two attached hydrogens (primary N) is 1. The molecule has 1 saturated heterocycles. The summed E-state index contributed by atoms with van der Waals surface area (Å²) in [5.41, 5.74) is 6.77. The molecule has 1 aliphatic rings. The van der Waals surface area contributed by atoms with Gasteiger partial charge in [-0.3, -0.25) is 9.69 Å². The number of nitrogens with zero attached hydrogens (tertiary/aromatic N) is 1. The van der Waals surface area contributed by atoms with Crippen LogP contribution in [-0.2, 0) is 9.53 Å². The zero-order chi connectivity index (χ0) is 14.5. The molecule has 0 spiro atoms. The predicted molar refractivity (Wildman–Crippen MR) is 75.7 cm³/mol. The zero-order valence-corrected chi connectivity index (χ0v) is 11.3. The first-order valence-electron chi connectivity index (χ1n) is 6.35. The third-order valence-electron chi connectivity index (χ3n) is 3.07. The Balaban J connectivity index is 2.10. The molecule has 1 fully saturated rings. The Morgan fingerprint density at radius 1 is 1.60 bits per heavy atom. The molecule has 0 saturated carbocycles. The standard InChI is InChI=1S/C13H18N4O3/c1-20-11(8-14)12(18)16-9-3-2-4-10(7-9)17-6-5-15-13(17)19/h2-4,7,11H,5-6,8,14H2,1H3,(H,15,19)(H,16,18). The van der Waals surface area contributed by atoms with Gasteiger partial charge in [-0.15, -0.1) is 0 Å². The molecule has 0 bridgehead atoms. The molecule has 108 valence electrons. The monoisotopic (exact) mass is 278 g/mol. The maximum atomic E-state index is 11.9. The second-order valence-corrected chi connectivity index (χ2v) is 4.38. The van der Waals surface area contributed by atoms with Gasteiger partial charge in [0, 0.05) is 38.1 Å². The van der Waals surface area contributed by atoms with E-state index >= 15 is 0 Å². The molecule has 1 aromatic rings. The molecule has 4 N–H and O–H groups in total. The highest BCUT2D eigenvalue weighted by Gasteiger charge is 2.21. The molecular formula is C13H18N4O3. The summed E-state index contributed by atoms with van der Waals surface area (Å²) in [6.07, 6.45) is -0.686. The molecule has 20 heavy (non-hydrogen) atoms. The molecule has 2 rings (SSSR count). The van der Waals surface area contributed by atoms with Gasteiger partial charge in [-0.05, 0) is 18.2 Å². The van der Waals surface area contributed by atoms with Crippen LogP contribution in [0.3, 0.4) is 0 Å². The Hall–Kier alpha value is -2.12. The molecule has 1 unspecified atom stereocenters. The van der Waals surface area contributed by atoms with Crippen molar-refractivity contribution in [2.24, 2.45) is 5.73 Å². The predicted octanol–water partition coefficient (Wildman–Crippen LogP) is 0.128. The molecule has 7 heteroatoms. The Labute approximate surface area is 117 Å². The summed E-state index contributed by atoms with van der Waals surface area (Å²) in [4.78, 5) is 25.1. The Bertz CT molecular complexity index is 502. The van der Waals surface area contributed by atoms with Crippen molar-refractivity contribution in [2.45, 2.75) is 6.10 Å². The van der Waals surface area contributed by atoms with Crippen LogP contribution >= 0.6 is 0 Å². The van der Waals surface area contributed by atoms with E-state index in [9.17, 15) is 9.59 Å². The van der Waals surface area contributed by atoms with Crippen molar-refractivity contribution in [3.8, 4) is 0 Å². The first-order chi connectivity index (χ1) is 9.65. The average molecular weight is 278 g/mol. The van der Waals surface area contributed by atoms with Gasteiger partial charge in [-0.25, -0.2) is 4.79 Å². The second-order valence-electron chi connectivity index (χ2n) is 4.38. The topological polar surface area (TPSA) is 96.7 Å². The zero-order valence-electron chi connectivity index (χ0n) is 11.3. The number of ether oxygens (including phenoxy) is 1. The number of amides is 3. The highest BCUT2D eigenvalue weighted by atomic mass is 16.5. The lowest BCUT2D eigenvalue weighted by molar-refractivity contribution is -0.125. The molecule has 0 aliphatic carbocycles. The number of urea groups is 1. The van der Waals surface area contributed by atoms with E-state index in [0.717, 1.165) is 5.69 Å². The van der Waals surface area contributed by atoms with Crippen LogP contribution in [0, 0.1) is 0 Å². The van der Waals surface area contributed by atoms with E-state index in [1.807, 2.05) is 6.07 Å². The van der Waals surface area contributed by atoms with Crippen LogP contribution in [0.2, 0.25) is 0 Å². The first-order valence-corrected chi connectivity index (χ1v) is 6.35. The minimum atomic E-state index is -0.686. The van der Waals surface area contributed by atoms with Crippen molar-refractivity contribution < 1.29 is 14.3 Å². The van der Waals surface area contributed by atoms with Crippen LogP contribution in [0.1, 0.15) is 0 Å². The number of benzene rings is 1. The second kappa shape index (κ2) is 6.36. The molecule has 3 amide bonds. The quantitative estimate of drug-likeness (QED) is 0.713. The summed E-state index contributed by atoms with van der Waals surface area (Å²) >= 11 is 0. The largest absolute Gasteiger partial charge is 0.370 e. The highest BCUT2D eigenvalue weighted by Crippen LogP contribution is 2.21. The van der Waals surface area contributed by atoms with Gasteiger partial charge in [0.15, 0.2) is 0 Å². The van der Waals surface area contributed by atoms with Crippen molar-refractivity contribution in [3.63, 3.8) is 0 Å². The van der Waals surface area contributed by atoms with Crippen molar-refractivity contribution in [1.82, 2.24) is 5.32 Å². The van der Waals surface area contributed by atoms with Gasteiger partial charge in [0.25, 0.3) is 5.91 Å². The fourth-order valence-electron chi connectivity index (χ4n) is 2.00. The van der Waals surface area contributed by atoms with E-state index in [1.54, 1.807) is 23.1 Å². The Kier molecular flexibility index (Phi) is 4.54. The lowest BCUT2D eigenvalue weighted by atomic mass is 10.2. The van der Waals surface area contributed by atoms with E-state index < -0.39 is 6.10 Å². The lowest BCUT2D eigenvalue weighted by Crippen LogP contribution is -2.36. The number of nitrogens with one attached hydrogen (secondary N) is 2. The van der Waals surface area contributed by atoms with Crippen molar-refractivity contribution in [3.05, 3.63) is 24.3 Å². The van der Waals surface area contributed by atoms with Gasteiger partial charge in [0.05, 0.1) is 0 Å². The molecule has 0 aromatic heterocycles. The molecule has 1 aliphatic heterocycles. The van der Waals surface area contributed by atoms with E-state index in [2.05, 4.69) is 10.6 Å². The Morgan fingerprint density at radius 3 is 3.00 bits per heavy atom. The molecule has 1 heterocycles. The number of rotatable bonds is 5. The fraction of sp³-hybridized carbons (Fsp3) is 0.385. The smallest absolute Gasteiger partial charge is 0.321 e. The van der Waals surface area contributed by atoms with Gasteiger partial charge >= 0.3 is 6.03 Å². The van der Waals surface area contributed by atoms with Crippen LogP contribution < -0.4 is 21.3 Å². The number of methoxy groups -OCH3 is 1. The summed E-state index contributed by atoms with van der Waals surface area (Å²) in [5, 5.41) is 5.45. The first kappa shape index (κ1) is 14.3. The molecule has 1 aromatic carbocycles. The van der Waals surface area contributed by atoms with Gasteiger partial charge < -0.3 is 21.1 Å².